The van der Waals surface area contributed by atoms with E-state index >= 15 is 0 Å². The molecule has 1 aromatic heterocycles. The molecule has 0 atom stereocenters. The number of carbonyl (C=O) groups excluding carboxylic acids is 2. The number of carbonyl (C=O) groups is 2. The van der Waals surface area contributed by atoms with Crippen LogP contribution in [-0.2, 0) is 4.74 Å². The second-order valence-corrected chi connectivity index (χ2v) is 4.33. The first-order valence-electron chi connectivity index (χ1n) is 6.57. The molecule has 0 unspecified atom stereocenters. The van der Waals surface area contributed by atoms with Crippen LogP contribution in [0.5, 0.6) is 0 Å². The molecule has 0 aliphatic carbocycles. The van der Waals surface area contributed by atoms with Gasteiger partial charge in [0.1, 0.15) is 0 Å². The molecule has 0 saturated heterocycles. The maximum Gasteiger partial charge on any atom is 0.337 e. The van der Waals surface area contributed by atoms with Crippen LogP contribution in [0.3, 0.4) is 0 Å². The number of esters is 1. The van der Waals surface area contributed by atoms with E-state index in [0.29, 0.717) is 17.7 Å². The van der Waals surface area contributed by atoms with E-state index < -0.39 is 5.97 Å². The average molecular weight is 284 g/mol. The Morgan fingerprint density at radius 2 is 1.81 bits per heavy atom. The quantitative estimate of drug-likeness (QED) is 0.809. The van der Waals surface area contributed by atoms with Crippen LogP contribution in [-0.4, -0.2) is 30.5 Å². The van der Waals surface area contributed by atoms with Crippen LogP contribution in [0.15, 0.2) is 48.8 Å². The van der Waals surface area contributed by atoms with Gasteiger partial charge in [0, 0.05) is 18.3 Å². The minimum absolute atomic E-state index is 0.137. The third-order valence-corrected chi connectivity index (χ3v) is 3.07. The number of pyridine rings is 1. The molecule has 1 amide bonds. The van der Waals surface area contributed by atoms with Crippen molar-refractivity contribution in [1.82, 2.24) is 4.98 Å². The summed E-state index contributed by atoms with van der Waals surface area (Å²) in [7, 11) is 1.32. The number of anilines is 1. The first-order chi connectivity index (χ1) is 10.2. The van der Waals surface area contributed by atoms with E-state index in [1.807, 2.05) is 13.0 Å². The first-order valence-corrected chi connectivity index (χ1v) is 6.57. The van der Waals surface area contributed by atoms with Gasteiger partial charge in [0.05, 0.1) is 24.6 Å². The lowest BCUT2D eigenvalue weighted by Gasteiger charge is -2.20. The molecule has 0 saturated carbocycles. The Balaban J connectivity index is 2.24. The molecule has 0 aliphatic heterocycles. The summed E-state index contributed by atoms with van der Waals surface area (Å²) in [6.07, 6.45) is 3.30. The van der Waals surface area contributed by atoms with Crippen molar-refractivity contribution in [2.24, 2.45) is 0 Å². The predicted octanol–water partition coefficient (Wildman–Crippen LogP) is 2.53. The fraction of sp³-hybridized carbons (Fsp3) is 0.188. The van der Waals surface area contributed by atoms with E-state index in [-0.39, 0.29) is 5.91 Å². The highest BCUT2D eigenvalue weighted by Crippen LogP contribution is 2.16. The third kappa shape index (κ3) is 3.25. The molecule has 1 heterocycles. The van der Waals surface area contributed by atoms with E-state index in [2.05, 4.69) is 9.72 Å². The number of ether oxygens (including phenoxy) is 1. The highest BCUT2D eigenvalue weighted by atomic mass is 16.5. The molecule has 0 radical (unpaired) electrons. The number of methoxy groups -OCH3 is 1. The summed E-state index contributed by atoms with van der Waals surface area (Å²) in [6, 6.07) is 10.0. The lowest BCUT2D eigenvalue weighted by atomic mass is 10.1. The average Bonchev–Trinajstić information content (AvgIpc) is 2.56. The van der Waals surface area contributed by atoms with E-state index in [4.69, 9.17) is 0 Å². The minimum Gasteiger partial charge on any atom is -0.465 e. The summed E-state index contributed by atoms with van der Waals surface area (Å²) >= 11 is 0. The smallest absolute Gasteiger partial charge is 0.337 e. The van der Waals surface area contributed by atoms with Gasteiger partial charge in [0.2, 0.25) is 0 Å². The van der Waals surface area contributed by atoms with Crippen LogP contribution in [0.4, 0.5) is 5.69 Å². The van der Waals surface area contributed by atoms with Crippen molar-refractivity contribution < 1.29 is 14.3 Å². The molecular weight excluding hydrogens is 268 g/mol. The summed E-state index contributed by atoms with van der Waals surface area (Å²) in [5.74, 6) is -0.560. The topological polar surface area (TPSA) is 59.5 Å². The van der Waals surface area contributed by atoms with Crippen LogP contribution < -0.4 is 4.90 Å². The fourth-order valence-electron chi connectivity index (χ4n) is 1.98. The fourth-order valence-corrected chi connectivity index (χ4v) is 1.98. The highest BCUT2D eigenvalue weighted by Gasteiger charge is 2.16. The van der Waals surface area contributed by atoms with Gasteiger partial charge >= 0.3 is 5.97 Å². The zero-order valence-corrected chi connectivity index (χ0v) is 11.9. The van der Waals surface area contributed by atoms with Gasteiger partial charge in [-0.2, -0.15) is 0 Å². The normalized spacial score (nSPS) is 10.0. The number of rotatable bonds is 4. The molecule has 0 aliphatic rings. The SMILES string of the molecule is CCN(C(=O)c1ccc(C(=O)OC)cc1)c1cccnc1. The van der Waals surface area contributed by atoms with E-state index in [1.54, 1.807) is 47.6 Å². The van der Waals surface area contributed by atoms with Crippen molar-refractivity contribution in [3.63, 3.8) is 0 Å². The molecule has 0 fully saturated rings. The summed E-state index contributed by atoms with van der Waals surface area (Å²) in [5.41, 5.74) is 1.66. The molecule has 0 bridgehead atoms. The third-order valence-electron chi connectivity index (χ3n) is 3.07. The zero-order valence-electron chi connectivity index (χ0n) is 11.9. The van der Waals surface area contributed by atoms with Gasteiger partial charge in [-0.15, -0.1) is 0 Å². The summed E-state index contributed by atoms with van der Waals surface area (Å²) < 4.78 is 4.63. The van der Waals surface area contributed by atoms with Gasteiger partial charge in [-0.3, -0.25) is 9.78 Å². The minimum atomic E-state index is -0.423. The summed E-state index contributed by atoms with van der Waals surface area (Å²) in [6.45, 7) is 2.43. The van der Waals surface area contributed by atoms with Crippen molar-refractivity contribution in [3.8, 4) is 0 Å². The molecule has 2 aromatic rings. The Labute approximate surface area is 123 Å². The zero-order chi connectivity index (χ0) is 15.2. The largest absolute Gasteiger partial charge is 0.465 e. The molecule has 0 spiro atoms. The van der Waals surface area contributed by atoms with Crippen LogP contribution in [0, 0.1) is 0 Å². The van der Waals surface area contributed by atoms with Crippen molar-refractivity contribution in [3.05, 3.63) is 59.9 Å². The monoisotopic (exact) mass is 284 g/mol. The second kappa shape index (κ2) is 6.65. The van der Waals surface area contributed by atoms with E-state index in [1.165, 1.54) is 7.11 Å². The highest BCUT2D eigenvalue weighted by molar-refractivity contribution is 6.06. The maximum atomic E-state index is 12.5. The standard InChI is InChI=1S/C16H16N2O3/c1-3-18(14-5-4-10-17-11-14)15(19)12-6-8-13(9-7-12)16(20)21-2/h4-11H,3H2,1-2H3. The van der Waals surface area contributed by atoms with Gasteiger partial charge in [-0.05, 0) is 43.3 Å². The van der Waals surface area contributed by atoms with Crippen LogP contribution in [0.2, 0.25) is 0 Å². The van der Waals surface area contributed by atoms with Crippen molar-refractivity contribution in [1.29, 1.82) is 0 Å². The van der Waals surface area contributed by atoms with Crippen LogP contribution in [0.25, 0.3) is 0 Å². The van der Waals surface area contributed by atoms with Crippen molar-refractivity contribution in [2.75, 3.05) is 18.6 Å². The Morgan fingerprint density at radius 1 is 1.14 bits per heavy atom. The van der Waals surface area contributed by atoms with Crippen molar-refractivity contribution in [2.45, 2.75) is 6.92 Å². The molecule has 5 nitrogen and oxygen atoms in total. The summed E-state index contributed by atoms with van der Waals surface area (Å²) in [4.78, 5) is 29.5. The molecule has 5 heteroatoms. The Morgan fingerprint density at radius 3 is 2.33 bits per heavy atom. The molecule has 21 heavy (non-hydrogen) atoms. The summed E-state index contributed by atoms with van der Waals surface area (Å²) in [5, 5.41) is 0. The lowest BCUT2D eigenvalue weighted by Crippen LogP contribution is -2.30. The van der Waals surface area contributed by atoms with E-state index in [0.717, 1.165) is 5.69 Å². The first kappa shape index (κ1) is 14.7. The molecule has 2 rings (SSSR count). The van der Waals surface area contributed by atoms with Crippen LogP contribution >= 0.6 is 0 Å². The van der Waals surface area contributed by atoms with Gasteiger partial charge in [0.25, 0.3) is 5.91 Å². The van der Waals surface area contributed by atoms with Crippen molar-refractivity contribution >= 4 is 17.6 Å². The predicted molar refractivity (Wildman–Crippen MR) is 79.4 cm³/mol. The van der Waals surface area contributed by atoms with Gasteiger partial charge in [0.15, 0.2) is 0 Å². The molecule has 1 aromatic carbocycles. The van der Waals surface area contributed by atoms with Gasteiger partial charge in [-0.1, -0.05) is 0 Å². The molecule has 0 N–H and O–H groups in total. The Bertz CT molecular complexity index is 624. The molecular formula is C16H16N2O3. The maximum absolute atomic E-state index is 12.5. The number of amides is 1. The number of aromatic nitrogens is 1. The van der Waals surface area contributed by atoms with Crippen LogP contribution in [0.1, 0.15) is 27.6 Å². The Hall–Kier alpha value is -2.69. The number of benzene rings is 1. The lowest BCUT2D eigenvalue weighted by molar-refractivity contribution is 0.0600. The van der Waals surface area contributed by atoms with E-state index in [9.17, 15) is 9.59 Å². The second-order valence-electron chi connectivity index (χ2n) is 4.33. The number of nitrogens with zero attached hydrogens (tertiary/aromatic N) is 2. The Kier molecular flexibility index (Phi) is 4.66. The van der Waals surface area contributed by atoms with Gasteiger partial charge < -0.3 is 9.64 Å². The molecule has 108 valence electrons. The number of hydrogen-bond acceptors (Lipinski definition) is 4. The number of hydrogen-bond donors (Lipinski definition) is 0. The van der Waals surface area contributed by atoms with Gasteiger partial charge in [-0.25, -0.2) is 4.79 Å².